The minimum Gasteiger partial charge on any atom is -0.479 e. The van der Waals surface area contributed by atoms with E-state index in [1.807, 2.05) is 0 Å². The zero-order valence-electron chi connectivity index (χ0n) is 11.5. The van der Waals surface area contributed by atoms with Crippen molar-refractivity contribution in [2.24, 2.45) is 0 Å². The molecule has 0 bridgehead atoms. The molecule has 0 aromatic rings. The third-order valence-electron chi connectivity index (χ3n) is 3.55. The number of carboxylic acids is 1. The first-order valence-electron chi connectivity index (χ1n) is 6.63. The highest BCUT2D eigenvalue weighted by atomic mass is 16.4. The molecule has 0 aromatic heterocycles. The summed E-state index contributed by atoms with van der Waals surface area (Å²) in [6, 6.07) is 0.197. The molecular weight excluding hydrogens is 250 g/mol. The summed E-state index contributed by atoms with van der Waals surface area (Å²) in [7, 11) is 0. The average molecular weight is 273 g/mol. The summed E-state index contributed by atoms with van der Waals surface area (Å²) in [5, 5.41) is 20.0. The van der Waals surface area contributed by atoms with Crippen LogP contribution in [0.5, 0.6) is 0 Å². The van der Waals surface area contributed by atoms with Crippen molar-refractivity contribution in [2.75, 3.05) is 32.7 Å². The van der Waals surface area contributed by atoms with Crippen molar-refractivity contribution in [1.82, 2.24) is 15.1 Å². The zero-order chi connectivity index (χ0) is 14.4. The number of carbonyl (C=O) groups is 2. The summed E-state index contributed by atoms with van der Waals surface area (Å²) in [4.78, 5) is 26.2. The normalized spacial score (nSPS) is 19.8. The number of piperazine rings is 1. The van der Waals surface area contributed by atoms with E-state index in [-0.39, 0.29) is 12.6 Å². The van der Waals surface area contributed by atoms with Crippen LogP contribution in [0, 0.1) is 0 Å². The molecule has 0 aromatic carbocycles. The Kier molecular flexibility index (Phi) is 6.04. The third kappa shape index (κ3) is 4.68. The van der Waals surface area contributed by atoms with Crippen molar-refractivity contribution in [3.8, 4) is 0 Å². The molecule has 0 aliphatic carbocycles. The van der Waals surface area contributed by atoms with Crippen LogP contribution in [0.4, 0.5) is 4.79 Å². The van der Waals surface area contributed by atoms with E-state index in [0.29, 0.717) is 19.1 Å². The molecular formula is C12H23N3O4. The molecule has 2 atom stereocenters. The van der Waals surface area contributed by atoms with Crippen LogP contribution in [0.3, 0.4) is 0 Å². The standard InChI is InChI=1S/C12H23N3O4/c1-3-9(2)14-4-6-15(7-5-14)12(19)13-8-10(16)11(17)18/h9-10,16H,3-8H2,1-2H3,(H,13,19)(H,17,18). The van der Waals surface area contributed by atoms with E-state index in [1.165, 1.54) is 0 Å². The van der Waals surface area contributed by atoms with Gasteiger partial charge in [0.15, 0.2) is 6.10 Å². The fourth-order valence-corrected chi connectivity index (χ4v) is 2.01. The predicted molar refractivity (Wildman–Crippen MR) is 69.9 cm³/mol. The molecule has 7 nitrogen and oxygen atoms in total. The fourth-order valence-electron chi connectivity index (χ4n) is 2.01. The first-order valence-corrected chi connectivity index (χ1v) is 6.63. The SMILES string of the molecule is CCC(C)N1CCN(C(=O)NCC(O)C(=O)O)CC1. The summed E-state index contributed by atoms with van der Waals surface area (Å²) in [5.74, 6) is -1.33. The molecule has 2 amide bonds. The van der Waals surface area contributed by atoms with Gasteiger partial charge in [0.05, 0.1) is 6.54 Å². The molecule has 2 unspecified atom stereocenters. The van der Waals surface area contributed by atoms with Gasteiger partial charge in [0.25, 0.3) is 0 Å². The molecule has 1 fully saturated rings. The van der Waals surface area contributed by atoms with Crippen LogP contribution >= 0.6 is 0 Å². The average Bonchev–Trinajstić information content (AvgIpc) is 2.43. The van der Waals surface area contributed by atoms with Crippen molar-refractivity contribution in [1.29, 1.82) is 0 Å². The second-order valence-corrected chi connectivity index (χ2v) is 4.82. The Morgan fingerprint density at radius 3 is 2.32 bits per heavy atom. The Labute approximate surface area is 113 Å². The number of rotatable bonds is 5. The largest absolute Gasteiger partial charge is 0.479 e. The van der Waals surface area contributed by atoms with Gasteiger partial charge in [-0.2, -0.15) is 0 Å². The Morgan fingerprint density at radius 2 is 1.84 bits per heavy atom. The van der Waals surface area contributed by atoms with Gasteiger partial charge in [0.1, 0.15) is 0 Å². The lowest BCUT2D eigenvalue weighted by molar-refractivity contribution is -0.146. The molecule has 0 spiro atoms. The molecule has 1 aliphatic heterocycles. The first kappa shape index (κ1) is 15.7. The molecule has 0 saturated carbocycles. The van der Waals surface area contributed by atoms with Crippen LogP contribution < -0.4 is 5.32 Å². The molecule has 0 radical (unpaired) electrons. The van der Waals surface area contributed by atoms with Crippen molar-refractivity contribution < 1.29 is 19.8 Å². The smallest absolute Gasteiger partial charge is 0.334 e. The third-order valence-corrected chi connectivity index (χ3v) is 3.55. The van der Waals surface area contributed by atoms with Crippen LogP contribution in [0.2, 0.25) is 0 Å². The number of carboxylic acid groups (broad SMARTS) is 1. The van der Waals surface area contributed by atoms with Crippen LogP contribution in [0.1, 0.15) is 20.3 Å². The van der Waals surface area contributed by atoms with Crippen molar-refractivity contribution in [3.05, 3.63) is 0 Å². The van der Waals surface area contributed by atoms with Crippen LogP contribution in [0.25, 0.3) is 0 Å². The lowest BCUT2D eigenvalue weighted by Gasteiger charge is -2.37. The molecule has 1 rings (SSSR count). The van der Waals surface area contributed by atoms with Gasteiger partial charge in [-0.25, -0.2) is 9.59 Å². The number of aliphatic hydroxyl groups excluding tert-OH is 1. The zero-order valence-corrected chi connectivity index (χ0v) is 11.5. The number of carbonyl (C=O) groups excluding carboxylic acids is 1. The molecule has 19 heavy (non-hydrogen) atoms. The second-order valence-electron chi connectivity index (χ2n) is 4.82. The monoisotopic (exact) mass is 273 g/mol. The van der Waals surface area contributed by atoms with Crippen LogP contribution in [-0.2, 0) is 4.79 Å². The van der Waals surface area contributed by atoms with Crippen molar-refractivity contribution in [2.45, 2.75) is 32.4 Å². The summed E-state index contributed by atoms with van der Waals surface area (Å²) in [5.41, 5.74) is 0. The quantitative estimate of drug-likeness (QED) is 0.631. The maximum atomic E-state index is 11.8. The highest BCUT2D eigenvalue weighted by Crippen LogP contribution is 2.08. The summed E-state index contributed by atoms with van der Waals surface area (Å²) in [6.45, 7) is 6.93. The molecule has 1 saturated heterocycles. The topological polar surface area (TPSA) is 93.1 Å². The number of aliphatic hydroxyl groups is 1. The van der Waals surface area contributed by atoms with Crippen LogP contribution in [-0.4, -0.2) is 76.9 Å². The Morgan fingerprint density at radius 1 is 1.26 bits per heavy atom. The van der Waals surface area contributed by atoms with Gasteiger partial charge < -0.3 is 20.4 Å². The van der Waals surface area contributed by atoms with Gasteiger partial charge in [-0.15, -0.1) is 0 Å². The minimum atomic E-state index is -1.55. The highest BCUT2D eigenvalue weighted by molar-refractivity contribution is 5.76. The number of amides is 2. The van der Waals surface area contributed by atoms with Gasteiger partial charge in [0.2, 0.25) is 0 Å². The minimum absolute atomic E-state index is 0.264. The molecule has 1 aliphatic rings. The summed E-state index contributed by atoms with van der Waals surface area (Å²) < 4.78 is 0. The lowest BCUT2D eigenvalue weighted by Crippen LogP contribution is -2.54. The van der Waals surface area contributed by atoms with E-state index >= 15 is 0 Å². The number of hydrogen-bond donors (Lipinski definition) is 3. The maximum absolute atomic E-state index is 11.8. The van der Waals surface area contributed by atoms with E-state index in [9.17, 15) is 9.59 Å². The number of urea groups is 1. The highest BCUT2D eigenvalue weighted by Gasteiger charge is 2.24. The predicted octanol–water partition coefficient (Wildman–Crippen LogP) is -0.442. The second kappa shape index (κ2) is 7.30. The Balaban J connectivity index is 2.31. The van der Waals surface area contributed by atoms with Crippen LogP contribution in [0.15, 0.2) is 0 Å². The lowest BCUT2D eigenvalue weighted by atomic mass is 10.2. The Bertz CT molecular complexity index is 316. The number of aliphatic carboxylic acids is 1. The molecule has 1 heterocycles. The molecule has 7 heteroatoms. The van der Waals surface area contributed by atoms with Crippen molar-refractivity contribution >= 4 is 12.0 Å². The fraction of sp³-hybridized carbons (Fsp3) is 0.833. The first-order chi connectivity index (χ1) is 8.95. The van der Waals surface area contributed by atoms with E-state index in [1.54, 1.807) is 4.90 Å². The van der Waals surface area contributed by atoms with E-state index in [4.69, 9.17) is 10.2 Å². The van der Waals surface area contributed by atoms with Gasteiger partial charge in [-0.3, -0.25) is 4.90 Å². The number of nitrogens with zero attached hydrogens (tertiary/aromatic N) is 2. The van der Waals surface area contributed by atoms with E-state index in [2.05, 4.69) is 24.1 Å². The van der Waals surface area contributed by atoms with Gasteiger partial charge in [-0.05, 0) is 13.3 Å². The van der Waals surface area contributed by atoms with E-state index < -0.39 is 12.1 Å². The molecule has 110 valence electrons. The van der Waals surface area contributed by atoms with E-state index in [0.717, 1.165) is 19.5 Å². The van der Waals surface area contributed by atoms with Gasteiger partial charge in [0, 0.05) is 32.2 Å². The maximum Gasteiger partial charge on any atom is 0.334 e. The summed E-state index contributed by atoms with van der Waals surface area (Å²) in [6.07, 6.45) is -0.470. The molecule has 3 N–H and O–H groups in total. The number of hydrogen-bond acceptors (Lipinski definition) is 4. The Hall–Kier alpha value is -1.34. The van der Waals surface area contributed by atoms with Gasteiger partial charge in [-0.1, -0.05) is 6.92 Å². The van der Waals surface area contributed by atoms with Gasteiger partial charge >= 0.3 is 12.0 Å². The van der Waals surface area contributed by atoms with Crippen molar-refractivity contribution in [3.63, 3.8) is 0 Å². The summed E-state index contributed by atoms with van der Waals surface area (Å²) >= 11 is 0. The number of nitrogens with one attached hydrogen (secondary N) is 1.